The molecule has 4 aromatic carbocycles. The van der Waals surface area contributed by atoms with Crippen LogP contribution in [0.15, 0.2) is 75.9 Å². The number of hydrogen-bond donors (Lipinski definition) is 4. The zero-order chi connectivity index (χ0) is 29.7. The van der Waals surface area contributed by atoms with Crippen molar-refractivity contribution in [1.82, 2.24) is 0 Å². The van der Waals surface area contributed by atoms with Crippen LogP contribution in [0.1, 0.15) is 28.4 Å². The van der Waals surface area contributed by atoms with Crippen molar-refractivity contribution < 1.29 is 43.8 Å². The summed E-state index contributed by atoms with van der Waals surface area (Å²) in [5.41, 5.74) is -0.614. The molecule has 1 atom stereocenters. The van der Waals surface area contributed by atoms with Crippen molar-refractivity contribution in [3.05, 3.63) is 88.1 Å². The van der Waals surface area contributed by atoms with Crippen LogP contribution >= 0.6 is 0 Å². The molecule has 10 heteroatoms. The number of benzene rings is 4. The van der Waals surface area contributed by atoms with Crippen LogP contribution in [-0.2, 0) is 0 Å². The summed E-state index contributed by atoms with van der Waals surface area (Å²) in [4.78, 5) is 27.4. The number of fused-ring (bicyclic) bond motifs is 2. The quantitative estimate of drug-likeness (QED) is 0.208. The van der Waals surface area contributed by atoms with Gasteiger partial charge in [0.1, 0.15) is 68.6 Å². The predicted octanol–water partition coefficient (Wildman–Crippen LogP) is 5.67. The Balaban J connectivity index is 1.60. The fourth-order valence-electron chi connectivity index (χ4n) is 5.15. The molecular weight excluding hydrogens is 544 g/mol. The van der Waals surface area contributed by atoms with E-state index in [0.29, 0.717) is 16.9 Å². The van der Waals surface area contributed by atoms with Gasteiger partial charge in [-0.3, -0.25) is 9.59 Å². The van der Waals surface area contributed by atoms with Crippen molar-refractivity contribution in [3.8, 4) is 62.7 Å². The smallest absolute Gasteiger partial charge is 0.205 e. The third-order valence-electron chi connectivity index (χ3n) is 7.21. The minimum Gasteiger partial charge on any atom is -0.508 e. The van der Waals surface area contributed by atoms with E-state index in [2.05, 4.69) is 0 Å². The van der Waals surface area contributed by atoms with E-state index in [1.54, 1.807) is 36.4 Å². The van der Waals surface area contributed by atoms with Gasteiger partial charge < -0.3 is 39.1 Å². The Hall–Kier alpha value is -5.64. The Labute approximate surface area is 238 Å². The lowest BCUT2D eigenvalue weighted by Crippen LogP contribution is -2.21. The largest absolute Gasteiger partial charge is 0.508 e. The highest BCUT2D eigenvalue weighted by Crippen LogP contribution is 2.50. The topological polar surface area (TPSA) is 156 Å². The summed E-state index contributed by atoms with van der Waals surface area (Å²) in [6.45, 7) is 0. The number of methoxy groups -OCH3 is 2. The Morgan fingerprint density at radius 2 is 1.45 bits per heavy atom. The summed E-state index contributed by atoms with van der Waals surface area (Å²) in [5.74, 6) is -1.45. The highest BCUT2D eigenvalue weighted by molar-refractivity contribution is 6.06. The van der Waals surface area contributed by atoms with Gasteiger partial charge in [-0.25, -0.2) is 0 Å². The highest BCUT2D eigenvalue weighted by atomic mass is 16.5. The van der Waals surface area contributed by atoms with Crippen molar-refractivity contribution in [2.24, 2.45) is 0 Å². The Kier molecular flexibility index (Phi) is 6.38. The fraction of sp³-hybridized carbons (Fsp3) is 0.125. The molecule has 0 aliphatic carbocycles. The number of phenols is 4. The lowest BCUT2D eigenvalue weighted by Gasteiger charge is -2.27. The number of rotatable bonds is 5. The lowest BCUT2D eigenvalue weighted by atomic mass is 9.90. The van der Waals surface area contributed by atoms with Gasteiger partial charge in [-0.2, -0.15) is 0 Å². The minimum atomic E-state index is -0.765. The van der Waals surface area contributed by atoms with Gasteiger partial charge >= 0.3 is 0 Å². The first kappa shape index (κ1) is 26.6. The van der Waals surface area contributed by atoms with Crippen LogP contribution in [0.5, 0.6) is 40.2 Å². The predicted molar refractivity (Wildman–Crippen MR) is 152 cm³/mol. The van der Waals surface area contributed by atoms with Gasteiger partial charge in [0.2, 0.25) is 5.43 Å². The normalized spacial score (nSPS) is 14.3. The Bertz CT molecular complexity index is 1920. The van der Waals surface area contributed by atoms with E-state index in [9.17, 15) is 30.0 Å². The first-order valence-corrected chi connectivity index (χ1v) is 12.8. The molecule has 212 valence electrons. The summed E-state index contributed by atoms with van der Waals surface area (Å²) in [6.07, 6.45) is -0.879. The second-order valence-electron chi connectivity index (χ2n) is 9.70. The fourth-order valence-corrected chi connectivity index (χ4v) is 5.15. The molecule has 4 N–H and O–H groups in total. The molecule has 0 saturated heterocycles. The van der Waals surface area contributed by atoms with Crippen LogP contribution in [0.4, 0.5) is 0 Å². The number of hydrogen-bond acceptors (Lipinski definition) is 10. The third-order valence-corrected chi connectivity index (χ3v) is 7.21. The first-order valence-electron chi connectivity index (χ1n) is 12.8. The van der Waals surface area contributed by atoms with Crippen molar-refractivity contribution in [2.75, 3.05) is 14.2 Å². The summed E-state index contributed by atoms with van der Waals surface area (Å²) in [6, 6.07) is 16.5. The molecule has 6 rings (SSSR count). The molecular formula is C32H24O10. The van der Waals surface area contributed by atoms with Gasteiger partial charge in [-0.05, 0) is 42.0 Å². The molecule has 1 aliphatic heterocycles. The monoisotopic (exact) mass is 568 g/mol. The van der Waals surface area contributed by atoms with Crippen LogP contribution in [0, 0.1) is 0 Å². The van der Waals surface area contributed by atoms with Gasteiger partial charge in [-0.1, -0.05) is 12.1 Å². The minimum absolute atomic E-state index is 0.000456. The molecule has 1 aromatic heterocycles. The maximum atomic E-state index is 14.0. The van der Waals surface area contributed by atoms with E-state index in [4.69, 9.17) is 18.6 Å². The van der Waals surface area contributed by atoms with Crippen LogP contribution in [-0.4, -0.2) is 40.4 Å². The maximum Gasteiger partial charge on any atom is 0.205 e. The van der Waals surface area contributed by atoms with Gasteiger partial charge in [0.05, 0.1) is 31.8 Å². The van der Waals surface area contributed by atoms with Crippen LogP contribution in [0.25, 0.3) is 33.4 Å². The number of ketones is 1. The summed E-state index contributed by atoms with van der Waals surface area (Å²) in [5, 5.41) is 42.8. The van der Waals surface area contributed by atoms with E-state index in [1.807, 2.05) is 0 Å². The molecule has 10 nitrogen and oxygen atoms in total. The molecule has 2 heterocycles. The van der Waals surface area contributed by atoms with Crippen molar-refractivity contribution in [3.63, 3.8) is 0 Å². The number of phenolic OH excluding ortho intramolecular Hbond substituents is 4. The standard InChI is InChI=1S/C32H24O10/c1-39-18-9-5-16(6-10-18)32-29(31(38)26-20(34)11-19(40-2)12-24(26)42-32)28-22(36)14-25-27(30(28)37)21(35)13-23(41-25)15-3-7-17(33)8-4-15/h3-12,14,23,33-34,36-37H,13H2,1-2H3. The van der Waals surface area contributed by atoms with Gasteiger partial charge in [0, 0.05) is 23.8 Å². The summed E-state index contributed by atoms with van der Waals surface area (Å²) >= 11 is 0. The molecule has 0 amide bonds. The molecule has 0 radical (unpaired) electrons. The lowest BCUT2D eigenvalue weighted by molar-refractivity contribution is 0.0845. The number of Topliss-reactive ketones (excluding diaryl/α,β-unsaturated/α-hetero) is 1. The molecule has 0 fully saturated rings. The zero-order valence-electron chi connectivity index (χ0n) is 22.4. The van der Waals surface area contributed by atoms with E-state index in [-0.39, 0.29) is 57.1 Å². The average molecular weight is 569 g/mol. The molecule has 0 saturated carbocycles. The molecule has 42 heavy (non-hydrogen) atoms. The number of ether oxygens (including phenoxy) is 3. The molecule has 0 bridgehead atoms. The van der Waals surface area contributed by atoms with E-state index in [0.717, 1.165) is 6.07 Å². The van der Waals surface area contributed by atoms with Crippen molar-refractivity contribution in [2.45, 2.75) is 12.5 Å². The highest BCUT2D eigenvalue weighted by Gasteiger charge is 2.35. The average Bonchev–Trinajstić information content (AvgIpc) is 2.97. The maximum absolute atomic E-state index is 14.0. The number of carbonyl (C=O) groups is 1. The second-order valence-corrected chi connectivity index (χ2v) is 9.70. The second kappa shape index (κ2) is 10.1. The summed E-state index contributed by atoms with van der Waals surface area (Å²) in [7, 11) is 2.89. The van der Waals surface area contributed by atoms with Crippen molar-refractivity contribution in [1.29, 1.82) is 0 Å². The van der Waals surface area contributed by atoms with Gasteiger partial charge in [-0.15, -0.1) is 0 Å². The summed E-state index contributed by atoms with van der Waals surface area (Å²) < 4.78 is 22.6. The zero-order valence-corrected chi connectivity index (χ0v) is 22.4. The van der Waals surface area contributed by atoms with Crippen LogP contribution in [0.2, 0.25) is 0 Å². The van der Waals surface area contributed by atoms with Crippen LogP contribution in [0.3, 0.4) is 0 Å². The first-order chi connectivity index (χ1) is 20.2. The molecule has 5 aromatic rings. The Morgan fingerprint density at radius 3 is 2.12 bits per heavy atom. The molecule has 0 spiro atoms. The van der Waals surface area contributed by atoms with E-state index in [1.165, 1.54) is 38.5 Å². The molecule has 1 unspecified atom stereocenters. The van der Waals surface area contributed by atoms with Gasteiger partial charge in [0.25, 0.3) is 0 Å². The number of aromatic hydroxyl groups is 4. The SMILES string of the molecule is COc1ccc(-c2oc3cc(OC)cc(O)c3c(=O)c2-c2c(O)cc3c(c2O)C(=O)CC(c2ccc(O)cc2)O3)cc1. The third kappa shape index (κ3) is 4.29. The van der Waals surface area contributed by atoms with E-state index < -0.39 is 34.6 Å². The number of carbonyl (C=O) groups excluding carboxylic acids is 1. The van der Waals surface area contributed by atoms with Crippen molar-refractivity contribution >= 4 is 16.8 Å². The molecule has 1 aliphatic rings. The van der Waals surface area contributed by atoms with Crippen LogP contribution < -0.4 is 19.6 Å². The Morgan fingerprint density at radius 1 is 0.762 bits per heavy atom. The van der Waals surface area contributed by atoms with E-state index >= 15 is 0 Å². The van der Waals surface area contributed by atoms with Gasteiger partial charge in [0.15, 0.2) is 5.78 Å².